The highest BCUT2D eigenvalue weighted by atomic mass is 16.5. The van der Waals surface area contributed by atoms with E-state index in [2.05, 4.69) is 48.6 Å². The lowest BCUT2D eigenvalue weighted by Crippen LogP contribution is -2.05. The van der Waals surface area contributed by atoms with Gasteiger partial charge in [0.05, 0.1) is 0 Å². The van der Waals surface area contributed by atoms with Crippen molar-refractivity contribution in [2.75, 3.05) is 11.9 Å². The van der Waals surface area contributed by atoms with E-state index in [-0.39, 0.29) is 0 Å². The minimum Gasteiger partial charge on any atom is -0.490 e. The third-order valence-electron chi connectivity index (χ3n) is 4.05. The predicted molar refractivity (Wildman–Crippen MR) is 77.9 cm³/mol. The lowest BCUT2D eigenvalue weighted by Gasteiger charge is -2.07. The fraction of sp³-hybridized carbons (Fsp3) is 0.294. The SMILES string of the molecule is CC1Cc2cc(-c3ccc4c(c3)NCC4)ccc2O1. The predicted octanol–water partition coefficient (Wildman–Crippen LogP) is 3.65. The molecule has 0 spiro atoms. The summed E-state index contributed by atoms with van der Waals surface area (Å²) in [4.78, 5) is 0. The molecule has 2 aromatic carbocycles. The first-order valence-electron chi connectivity index (χ1n) is 6.96. The van der Waals surface area contributed by atoms with Gasteiger partial charge in [-0.1, -0.05) is 18.2 Å². The molecule has 2 aromatic rings. The molecule has 0 fully saturated rings. The van der Waals surface area contributed by atoms with Crippen LogP contribution in [0.15, 0.2) is 36.4 Å². The third-order valence-corrected chi connectivity index (χ3v) is 4.05. The Morgan fingerprint density at radius 3 is 2.84 bits per heavy atom. The summed E-state index contributed by atoms with van der Waals surface area (Å²) in [5, 5.41) is 3.44. The van der Waals surface area contributed by atoms with Crippen LogP contribution in [0.2, 0.25) is 0 Å². The molecule has 0 aromatic heterocycles. The van der Waals surface area contributed by atoms with Crippen molar-refractivity contribution in [1.29, 1.82) is 0 Å². The average Bonchev–Trinajstić information content (AvgIpc) is 3.01. The first kappa shape index (κ1) is 10.9. The van der Waals surface area contributed by atoms with Crippen LogP contribution in [-0.2, 0) is 12.8 Å². The van der Waals surface area contributed by atoms with Crippen molar-refractivity contribution in [2.45, 2.75) is 25.9 Å². The molecule has 1 N–H and O–H groups in total. The van der Waals surface area contributed by atoms with Gasteiger partial charge in [-0.2, -0.15) is 0 Å². The van der Waals surface area contributed by atoms with E-state index in [4.69, 9.17) is 4.74 Å². The Labute approximate surface area is 113 Å². The van der Waals surface area contributed by atoms with Gasteiger partial charge in [-0.15, -0.1) is 0 Å². The second-order valence-electron chi connectivity index (χ2n) is 5.50. The van der Waals surface area contributed by atoms with Crippen LogP contribution in [0, 0.1) is 0 Å². The van der Waals surface area contributed by atoms with Crippen LogP contribution >= 0.6 is 0 Å². The van der Waals surface area contributed by atoms with Gasteiger partial charge in [-0.05, 0) is 53.8 Å². The summed E-state index contributed by atoms with van der Waals surface area (Å²) in [7, 11) is 0. The molecule has 96 valence electrons. The molecule has 2 heterocycles. The Bertz CT molecular complexity index is 648. The zero-order valence-corrected chi connectivity index (χ0v) is 11.1. The van der Waals surface area contributed by atoms with E-state index >= 15 is 0 Å². The minimum absolute atomic E-state index is 0.312. The van der Waals surface area contributed by atoms with Crippen LogP contribution in [-0.4, -0.2) is 12.6 Å². The summed E-state index contributed by atoms with van der Waals surface area (Å²) in [6.07, 6.45) is 2.48. The summed E-state index contributed by atoms with van der Waals surface area (Å²) in [5.41, 5.74) is 6.63. The molecule has 0 radical (unpaired) electrons. The Hall–Kier alpha value is -1.96. The van der Waals surface area contributed by atoms with Crippen LogP contribution in [0.3, 0.4) is 0 Å². The molecule has 0 bridgehead atoms. The second kappa shape index (κ2) is 4.02. The highest BCUT2D eigenvalue weighted by molar-refractivity contribution is 5.72. The standard InChI is InChI=1S/C17H17NO/c1-11-8-15-9-13(4-5-17(15)19-11)14-3-2-12-6-7-18-16(12)10-14/h2-5,9-11,18H,6-8H2,1H3. The van der Waals surface area contributed by atoms with E-state index < -0.39 is 0 Å². The molecule has 1 atom stereocenters. The molecule has 0 amide bonds. The van der Waals surface area contributed by atoms with Crippen LogP contribution in [0.1, 0.15) is 18.1 Å². The van der Waals surface area contributed by atoms with Crippen molar-refractivity contribution >= 4 is 5.69 Å². The van der Waals surface area contributed by atoms with Gasteiger partial charge in [0.25, 0.3) is 0 Å². The summed E-state index contributed by atoms with van der Waals surface area (Å²) >= 11 is 0. The monoisotopic (exact) mass is 251 g/mol. The molecule has 0 saturated heterocycles. The van der Waals surface area contributed by atoms with Gasteiger partial charge in [0.2, 0.25) is 0 Å². The number of fused-ring (bicyclic) bond motifs is 2. The Kier molecular flexibility index (Phi) is 2.31. The number of rotatable bonds is 1. The number of anilines is 1. The maximum absolute atomic E-state index is 5.76. The molecule has 19 heavy (non-hydrogen) atoms. The number of nitrogens with one attached hydrogen (secondary N) is 1. The first-order chi connectivity index (χ1) is 9.29. The highest BCUT2D eigenvalue weighted by Crippen LogP contribution is 2.34. The minimum atomic E-state index is 0.312. The molecule has 4 rings (SSSR count). The fourth-order valence-electron chi connectivity index (χ4n) is 3.07. The first-order valence-corrected chi connectivity index (χ1v) is 6.96. The normalized spacial score (nSPS) is 19.5. The molecule has 0 aliphatic carbocycles. The van der Waals surface area contributed by atoms with Crippen LogP contribution in [0.25, 0.3) is 11.1 Å². The summed E-state index contributed by atoms with van der Waals surface area (Å²) in [6, 6.07) is 13.3. The Balaban J connectivity index is 1.75. The smallest absolute Gasteiger partial charge is 0.123 e. The van der Waals surface area contributed by atoms with Gasteiger partial charge in [-0.3, -0.25) is 0 Å². The van der Waals surface area contributed by atoms with Crippen LogP contribution < -0.4 is 10.1 Å². The van der Waals surface area contributed by atoms with E-state index in [0.29, 0.717) is 6.10 Å². The summed E-state index contributed by atoms with van der Waals surface area (Å²) < 4.78 is 5.76. The van der Waals surface area contributed by atoms with Crippen LogP contribution in [0.4, 0.5) is 5.69 Å². The molecular formula is C17H17NO. The second-order valence-corrected chi connectivity index (χ2v) is 5.50. The van der Waals surface area contributed by atoms with Gasteiger partial charge in [0.1, 0.15) is 11.9 Å². The molecule has 1 unspecified atom stereocenters. The zero-order chi connectivity index (χ0) is 12.8. The number of ether oxygens (including phenoxy) is 1. The van der Waals surface area contributed by atoms with Gasteiger partial charge in [0.15, 0.2) is 0 Å². The largest absolute Gasteiger partial charge is 0.490 e. The highest BCUT2D eigenvalue weighted by Gasteiger charge is 2.19. The number of hydrogen-bond acceptors (Lipinski definition) is 2. The topological polar surface area (TPSA) is 21.3 Å². The van der Waals surface area contributed by atoms with E-state index in [1.807, 2.05) is 0 Å². The zero-order valence-electron chi connectivity index (χ0n) is 11.1. The average molecular weight is 251 g/mol. The molecular weight excluding hydrogens is 234 g/mol. The van der Waals surface area contributed by atoms with Crippen LogP contribution in [0.5, 0.6) is 5.75 Å². The maximum Gasteiger partial charge on any atom is 0.123 e. The van der Waals surface area contributed by atoms with Gasteiger partial charge in [0, 0.05) is 18.7 Å². The van der Waals surface area contributed by atoms with Crippen molar-refractivity contribution in [3.05, 3.63) is 47.5 Å². The molecule has 2 nitrogen and oxygen atoms in total. The van der Waals surface area contributed by atoms with Gasteiger partial charge >= 0.3 is 0 Å². The van der Waals surface area contributed by atoms with Gasteiger partial charge in [-0.25, -0.2) is 0 Å². The molecule has 0 saturated carbocycles. The molecule has 2 heteroatoms. The quantitative estimate of drug-likeness (QED) is 0.835. The molecule has 2 aliphatic rings. The van der Waals surface area contributed by atoms with Crippen molar-refractivity contribution in [3.63, 3.8) is 0 Å². The van der Waals surface area contributed by atoms with E-state index in [1.165, 1.54) is 27.9 Å². The summed E-state index contributed by atoms with van der Waals surface area (Å²) in [6.45, 7) is 3.19. The van der Waals surface area contributed by atoms with Crippen molar-refractivity contribution in [1.82, 2.24) is 0 Å². The van der Waals surface area contributed by atoms with E-state index in [1.54, 1.807) is 0 Å². The Morgan fingerprint density at radius 2 is 1.89 bits per heavy atom. The maximum atomic E-state index is 5.76. The fourth-order valence-corrected chi connectivity index (χ4v) is 3.07. The Morgan fingerprint density at radius 1 is 1.05 bits per heavy atom. The lowest BCUT2D eigenvalue weighted by atomic mass is 9.99. The number of benzene rings is 2. The summed E-state index contributed by atoms with van der Waals surface area (Å²) in [5.74, 6) is 1.05. The van der Waals surface area contributed by atoms with E-state index in [9.17, 15) is 0 Å². The molecule has 2 aliphatic heterocycles. The van der Waals surface area contributed by atoms with Crippen molar-refractivity contribution in [3.8, 4) is 16.9 Å². The van der Waals surface area contributed by atoms with Gasteiger partial charge < -0.3 is 10.1 Å². The van der Waals surface area contributed by atoms with Crippen molar-refractivity contribution < 1.29 is 4.74 Å². The third kappa shape index (κ3) is 1.79. The van der Waals surface area contributed by atoms with E-state index in [0.717, 1.165) is 25.1 Å². The lowest BCUT2D eigenvalue weighted by molar-refractivity contribution is 0.254. The van der Waals surface area contributed by atoms with Crippen molar-refractivity contribution in [2.24, 2.45) is 0 Å². The number of hydrogen-bond donors (Lipinski definition) is 1.